The highest BCUT2D eigenvalue weighted by Crippen LogP contribution is 2.44. The number of allylic oxidation sites excluding steroid dienone is 2. The van der Waals surface area contributed by atoms with Crippen molar-refractivity contribution in [1.29, 1.82) is 5.26 Å². The molecule has 0 aliphatic carbocycles. The molecule has 3 N–H and O–H groups in total. The van der Waals surface area contributed by atoms with Gasteiger partial charge in [0.05, 0.1) is 25.2 Å². The fourth-order valence-electron chi connectivity index (χ4n) is 2.81. The van der Waals surface area contributed by atoms with E-state index in [0.717, 1.165) is 0 Å². The van der Waals surface area contributed by atoms with E-state index in [4.69, 9.17) is 19.9 Å². The van der Waals surface area contributed by atoms with Gasteiger partial charge in [-0.1, -0.05) is 0 Å². The van der Waals surface area contributed by atoms with Crippen LogP contribution in [0.15, 0.2) is 34.9 Å². The van der Waals surface area contributed by atoms with Crippen LogP contribution in [-0.2, 0) is 14.3 Å². The van der Waals surface area contributed by atoms with Gasteiger partial charge >= 0.3 is 5.97 Å². The molecule has 2 rings (SSSR count). The van der Waals surface area contributed by atoms with E-state index < -0.39 is 11.9 Å². The summed E-state index contributed by atoms with van der Waals surface area (Å²) < 4.78 is 15.7. The number of phenols is 1. The van der Waals surface area contributed by atoms with Crippen LogP contribution >= 0.6 is 0 Å². The van der Waals surface area contributed by atoms with Crippen molar-refractivity contribution in [3.8, 4) is 17.6 Å². The summed E-state index contributed by atoms with van der Waals surface area (Å²) in [6, 6.07) is 5.05. The first-order valence-electron chi connectivity index (χ1n) is 7.68. The summed E-state index contributed by atoms with van der Waals surface area (Å²) in [4.78, 5) is 12.4. The molecule has 0 saturated carbocycles. The lowest BCUT2D eigenvalue weighted by molar-refractivity contribution is -0.139. The van der Waals surface area contributed by atoms with Gasteiger partial charge in [-0.15, -0.1) is 0 Å². The zero-order chi connectivity index (χ0) is 18.7. The molecular weight excluding hydrogens is 324 g/mol. The van der Waals surface area contributed by atoms with Gasteiger partial charge in [-0.2, -0.15) is 5.26 Å². The van der Waals surface area contributed by atoms with E-state index in [1.165, 1.54) is 13.2 Å². The second-order valence-electron chi connectivity index (χ2n) is 5.50. The largest absolute Gasteiger partial charge is 0.508 e. The summed E-state index contributed by atoms with van der Waals surface area (Å²) in [5, 5.41) is 20.0. The third-order valence-corrected chi connectivity index (χ3v) is 3.96. The van der Waals surface area contributed by atoms with Gasteiger partial charge in [0.1, 0.15) is 28.9 Å². The Balaban J connectivity index is 2.73. The van der Waals surface area contributed by atoms with Crippen molar-refractivity contribution in [3.63, 3.8) is 0 Å². The lowest BCUT2D eigenvalue weighted by Gasteiger charge is -2.27. The Morgan fingerprint density at radius 1 is 1.44 bits per heavy atom. The molecule has 1 aromatic carbocycles. The Hall–Kier alpha value is -3.14. The van der Waals surface area contributed by atoms with Crippen molar-refractivity contribution in [2.24, 2.45) is 5.73 Å². The number of ether oxygens (including phenoxy) is 3. The maximum atomic E-state index is 12.4. The number of nitrogens with zero attached hydrogens (tertiary/aromatic N) is 1. The maximum absolute atomic E-state index is 12.4. The number of hydrogen-bond acceptors (Lipinski definition) is 7. The van der Waals surface area contributed by atoms with Gasteiger partial charge in [0.2, 0.25) is 5.88 Å². The standard InChI is InChI=1S/C18H20N2O5/c1-5-24-18(22)15-10(3)25-17(20)12(8-19)16(15)11-7-14(23-4)9(2)6-13(11)21/h6-7,16,21H,5,20H2,1-4H3. The number of nitrogens with two attached hydrogens (primary N) is 1. The Kier molecular flexibility index (Phi) is 5.22. The molecule has 132 valence electrons. The van der Waals surface area contributed by atoms with Crippen molar-refractivity contribution in [3.05, 3.63) is 46.0 Å². The summed E-state index contributed by atoms with van der Waals surface area (Å²) in [7, 11) is 1.50. The molecule has 1 aromatic rings. The first-order valence-corrected chi connectivity index (χ1v) is 7.68. The van der Waals surface area contributed by atoms with E-state index in [1.807, 2.05) is 6.07 Å². The minimum atomic E-state index is -0.910. The van der Waals surface area contributed by atoms with Gasteiger partial charge < -0.3 is 25.1 Å². The molecule has 25 heavy (non-hydrogen) atoms. The van der Waals surface area contributed by atoms with Crippen LogP contribution in [0.5, 0.6) is 11.5 Å². The number of carbonyl (C=O) groups is 1. The first-order chi connectivity index (χ1) is 11.8. The third kappa shape index (κ3) is 3.24. The van der Waals surface area contributed by atoms with Crippen LogP contribution in [0.3, 0.4) is 0 Å². The molecule has 0 aromatic heterocycles. The van der Waals surface area contributed by atoms with Crippen LogP contribution in [0.2, 0.25) is 0 Å². The molecule has 7 nitrogen and oxygen atoms in total. The van der Waals surface area contributed by atoms with E-state index in [-0.39, 0.29) is 35.1 Å². The Labute approximate surface area is 145 Å². The van der Waals surface area contributed by atoms with Crippen molar-refractivity contribution < 1.29 is 24.1 Å². The summed E-state index contributed by atoms with van der Waals surface area (Å²) in [5.74, 6) is -1.01. The molecule has 1 aliphatic heterocycles. The van der Waals surface area contributed by atoms with Gasteiger partial charge in [-0.05, 0) is 38.5 Å². The normalized spacial score (nSPS) is 17.0. The highest BCUT2D eigenvalue weighted by molar-refractivity contribution is 5.92. The number of rotatable bonds is 4. The molecule has 0 fully saturated rings. The van der Waals surface area contributed by atoms with Gasteiger partial charge in [0.25, 0.3) is 0 Å². The minimum absolute atomic E-state index is 0.0230. The predicted octanol–water partition coefficient (Wildman–Crippen LogP) is 2.35. The average molecular weight is 344 g/mol. The van der Waals surface area contributed by atoms with Crippen LogP contribution in [0, 0.1) is 18.3 Å². The van der Waals surface area contributed by atoms with Gasteiger partial charge in [0.15, 0.2) is 0 Å². The van der Waals surface area contributed by atoms with E-state index >= 15 is 0 Å². The van der Waals surface area contributed by atoms with Crippen molar-refractivity contribution in [2.45, 2.75) is 26.7 Å². The number of phenolic OH excluding ortho intramolecular Hbond substituents is 1. The van der Waals surface area contributed by atoms with Crippen molar-refractivity contribution >= 4 is 5.97 Å². The van der Waals surface area contributed by atoms with E-state index in [0.29, 0.717) is 16.9 Å². The molecule has 1 heterocycles. The van der Waals surface area contributed by atoms with Crippen LogP contribution in [0.4, 0.5) is 0 Å². The zero-order valence-corrected chi connectivity index (χ0v) is 14.5. The maximum Gasteiger partial charge on any atom is 0.338 e. The number of aromatic hydroxyl groups is 1. The molecule has 0 bridgehead atoms. The fourth-order valence-corrected chi connectivity index (χ4v) is 2.81. The zero-order valence-electron chi connectivity index (χ0n) is 14.5. The number of aryl methyl sites for hydroxylation is 1. The van der Waals surface area contributed by atoms with Crippen LogP contribution in [0.25, 0.3) is 0 Å². The van der Waals surface area contributed by atoms with Gasteiger partial charge in [-0.25, -0.2) is 4.79 Å². The molecular formula is C18H20N2O5. The Bertz CT molecular complexity index is 817. The second-order valence-corrected chi connectivity index (χ2v) is 5.50. The van der Waals surface area contributed by atoms with E-state index in [2.05, 4.69) is 0 Å². The minimum Gasteiger partial charge on any atom is -0.508 e. The monoisotopic (exact) mass is 344 g/mol. The summed E-state index contributed by atoms with van der Waals surface area (Å²) >= 11 is 0. The number of nitriles is 1. The quantitative estimate of drug-likeness (QED) is 0.806. The molecule has 1 unspecified atom stereocenters. The molecule has 0 radical (unpaired) electrons. The lowest BCUT2D eigenvalue weighted by Crippen LogP contribution is -2.25. The molecule has 1 aliphatic rings. The Morgan fingerprint density at radius 2 is 2.12 bits per heavy atom. The Morgan fingerprint density at radius 3 is 2.68 bits per heavy atom. The van der Waals surface area contributed by atoms with E-state index in [1.54, 1.807) is 26.8 Å². The molecule has 0 saturated heterocycles. The predicted molar refractivity (Wildman–Crippen MR) is 89.4 cm³/mol. The SMILES string of the molecule is CCOC(=O)C1=C(C)OC(N)=C(C#N)C1c1cc(OC)c(C)cc1O. The number of benzene rings is 1. The number of hydrogen-bond donors (Lipinski definition) is 2. The van der Waals surface area contributed by atoms with E-state index in [9.17, 15) is 15.2 Å². The van der Waals surface area contributed by atoms with Crippen LogP contribution in [0.1, 0.15) is 30.9 Å². The molecule has 1 atom stereocenters. The van der Waals surface area contributed by atoms with Crippen molar-refractivity contribution in [2.75, 3.05) is 13.7 Å². The van der Waals surface area contributed by atoms with Crippen LogP contribution < -0.4 is 10.5 Å². The summed E-state index contributed by atoms with van der Waals surface area (Å²) in [6.07, 6.45) is 0. The molecule has 0 spiro atoms. The van der Waals surface area contributed by atoms with Crippen LogP contribution in [-0.4, -0.2) is 24.8 Å². The second kappa shape index (κ2) is 7.18. The highest BCUT2D eigenvalue weighted by Gasteiger charge is 2.38. The first kappa shape index (κ1) is 18.2. The van der Waals surface area contributed by atoms with Gasteiger partial charge in [0, 0.05) is 5.56 Å². The van der Waals surface area contributed by atoms with Crippen molar-refractivity contribution in [1.82, 2.24) is 0 Å². The summed E-state index contributed by atoms with van der Waals surface area (Å²) in [5.41, 5.74) is 7.00. The number of esters is 1. The molecule has 7 heteroatoms. The average Bonchev–Trinajstić information content (AvgIpc) is 2.54. The van der Waals surface area contributed by atoms with Gasteiger partial charge in [-0.3, -0.25) is 0 Å². The smallest absolute Gasteiger partial charge is 0.338 e. The lowest BCUT2D eigenvalue weighted by atomic mass is 9.82. The summed E-state index contributed by atoms with van der Waals surface area (Å²) in [6.45, 7) is 5.17. The third-order valence-electron chi connectivity index (χ3n) is 3.96. The number of methoxy groups -OCH3 is 1. The topological polar surface area (TPSA) is 115 Å². The molecule has 0 amide bonds. The highest BCUT2D eigenvalue weighted by atomic mass is 16.5. The fraction of sp³-hybridized carbons (Fsp3) is 0.333. The number of carbonyl (C=O) groups excluding carboxylic acids is 1.